The maximum absolute atomic E-state index is 5.00. The molecule has 1 aliphatic heterocycles. The van der Waals surface area contributed by atoms with E-state index in [0.717, 1.165) is 44.4 Å². The van der Waals surface area contributed by atoms with Gasteiger partial charge in [0.25, 0.3) is 0 Å². The lowest BCUT2D eigenvalue weighted by atomic mass is 9.99. The first-order valence-electron chi connectivity index (χ1n) is 6.97. The van der Waals surface area contributed by atoms with Crippen molar-refractivity contribution in [1.82, 2.24) is 15.2 Å². The van der Waals surface area contributed by atoms with Gasteiger partial charge < -0.3 is 15.0 Å². The van der Waals surface area contributed by atoms with Crippen LogP contribution in [-0.4, -0.2) is 48.5 Å². The molecule has 1 saturated heterocycles. The molecule has 0 spiro atoms. The van der Waals surface area contributed by atoms with Gasteiger partial charge in [-0.25, -0.2) is 0 Å². The van der Waals surface area contributed by atoms with Crippen LogP contribution in [-0.2, 0) is 4.74 Å². The van der Waals surface area contributed by atoms with E-state index in [9.17, 15) is 0 Å². The molecule has 1 N–H and O–H groups in total. The molecule has 1 aromatic heterocycles. The van der Waals surface area contributed by atoms with Crippen LogP contribution in [0.3, 0.4) is 0 Å². The predicted octanol–water partition coefficient (Wildman–Crippen LogP) is 1.56. The van der Waals surface area contributed by atoms with Crippen LogP contribution in [0.25, 0.3) is 0 Å². The fourth-order valence-corrected chi connectivity index (χ4v) is 2.18. The Morgan fingerprint density at radius 3 is 2.95 bits per heavy atom. The van der Waals surface area contributed by atoms with Crippen LogP contribution in [0.2, 0.25) is 0 Å². The highest BCUT2D eigenvalue weighted by molar-refractivity contribution is 5.40. The van der Waals surface area contributed by atoms with E-state index in [2.05, 4.69) is 32.3 Å². The van der Waals surface area contributed by atoms with E-state index < -0.39 is 0 Å². The molecule has 19 heavy (non-hydrogen) atoms. The molecule has 0 saturated carbocycles. The minimum atomic E-state index is 0.604. The van der Waals surface area contributed by atoms with Crippen molar-refractivity contribution in [3.63, 3.8) is 0 Å². The van der Waals surface area contributed by atoms with Crippen molar-refractivity contribution < 1.29 is 4.74 Å². The van der Waals surface area contributed by atoms with Gasteiger partial charge in [0.15, 0.2) is 5.82 Å². The molecule has 2 heterocycles. The molecular weight excluding hydrogens is 242 g/mol. The van der Waals surface area contributed by atoms with Crippen molar-refractivity contribution in [1.29, 1.82) is 0 Å². The predicted molar refractivity (Wildman–Crippen MR) is 75.4 cm³/mol. The quantitative estimate of drug-likeness (QED) is 0.788. The molecule has 0 bridgehead atoms. The fourth-order valence-electron chi connectivity index (χ4n) is 2.18. The number of hydrogen-bond donors (Lipinski definition) is 1. The van der Waals surface area contributed by atoms with E-state index >= 15 is 0 Å². The highest BCUT2D eigenvalue weighted by Gasteiger charge is 2.17. The van der Waals surface area contributed by atoms with Gasteiger partial charge in [0, 0.05) is 33.4 Å². The van der Waals surface area contributed by atoms with Gasteiger partial charge in [0.2, 0.25) is 5.95 Å². The van der Waals surface area contributed by atoms with Crippen LogP contribution in [0.1, 0.15) is 26.2 Å². The third-order valence-corrected chi connectivity index (χ3v) is 3.46. The molecule has 2 rings (SSSR count). The van der Waals surface area contributed by atoms with Gasteiger partial charge in [-0.3, -0.25) is 0 Å². The minimum Gasteiger partial charge on any atom is -0.385 e. The molecule has 6 heteroatoms. The van der Waals surface area contributed by atoms with Gasteiger partial charge >= 0.3 is 0 Å². The van der Waals surface area contributed by atoms with Gasteiger partial charge in [0.05, 0.1) is 6.20 Å². The Morgan fingerprint density at radius 1 is 1.42 bits per heavy atom. The van der Waals surface area contributed by atoms with E-state index in [4.69, 9.17) is 4.74 Å². The van der Waals surface area contributed by atoms with Crippen LogP contribution in [0.5, 0.6) is 0 Å². The zero-order chi connectivity index (χ0) is 13.5. The summed E-state index contributed by atoms with van der Waals surface area (Å²) < 4.78 is 5.00. The lowest BCUT2D eigenvalue weighted by molar-refractivity contribution is 0.197. The summed E-state index contributed by atoms with van der Waals surface area (Å²) in [7, 11) is 1.70. The van der Waals surface area contributed by atoms with Gasteiger partial charge in [-0.05, 0) is 25.2 Å². The fraction of sp³-hybridized carbons (Fsp3) is 0.769. The molecule has 0 aromatic carbocycles. The van der Waals surface area contributed by atoms with Crippen molar-refractivity contribution in [3.8, 4) is 0 Å². The van der Waals surface area contributed by atoms with Crippen LogP contribution in [0.4, 0.5) is 11.8 Å². The average molecular weight is 265 g/mol. The van der Waals surface area contributed by atoms with Crippen molar-refractivity contribution in [2.45, 2.75) is 26.2 Å². The Bertz CT molecular complexity index is 379. The maximum Gasteiger partial charge on any atom is 0.244 e. The Balaban J connectivity index is 1.87. The molecule has 1 aliphatic rings. The molecule has 1 aromatic rings. The summed E-state index contributed by atoms with van der Waals surface area (Å²) in [4.78, 5) is 6.81. The van der Waals surface area contributed by atoms with Gasteiger partial charge in [-0.2, -0.15) is 10.1 Å². The molecule has 0 aliphatic carbocycles. The number of nitrogens with zero attached hydrogens (tertiary/aromatic N) is 4. The number of aromatic nitrogens is 3. The summed E-state index contributed by atoms with van der Waals surface area (Å²) in [6.45, 7) is 5.96. The van der Waals surface area contributed by atoms with E-state index in [1.165, 1.54) is 12.8 Å². The normalized spacial score (nSPS) is 16.6. The number of anilines is 2. The van der Waals surface area contributed by atoms with Crippen LogP contribution in [0.15, 0.2) is 6.20 Å². The molecule has 6 nitrogen and oxygen atoms in total. The Morgan fingerprint density at radius 2 is 2.21 bits per heavy atom. The summed E-state index contributed by atoms with van der Waals surface area (Å²) in [6.07, 6.45) is 5.13. The smallest absolute Gasteiger partial charge is 0.244 e. The topological polar surface area (TPSA) is 63.2 Å². The lowest BCUT2D eigenvalue weighted by Crippen LogP contribution is -2.33. The van der Waals surface area contributed by atoms with Gasteiger partial charge in [-0.1, -0.05) is 6.92 Å². The second-order valence-corrected chi connectivity index (χ2v) is 5.08. The summed E-state index contributed by atoms with van der Waals surface area (Å²) in [5.74, 6) is 2.35. The van der Waals surface area contributed by atoms with E-state index in [0.29, 0.717) is 5.95 Å². The average Bonchev–Trinajstić information content (AvgIpc) is 2.45. The first kappa shape index (κ1) is 14.0. The Labute approximate surface area is 114 Å². The first-order valence-corrected chi connectivity index (χ1v) is 6.97. The van der Waals surface area contributed by atoms with Crippen LogP contribution in [0, 0.1) is 5.92 Å². The first-order chi connectivity index (χ1) is 9.29. The van der Waals surface area contributed by atoms with Crippen LogP contribution < -0.4 is 10.2 Å². The largest absolute Gasteiger partial charge is 0.385 e. The van der Waals surface area contributed by atoms with Gasteiger partial charge in [-0.15, -0.1) is 5.10 Å². The highest BCUT2D eigenvalue weighted by Crippen LogP contribution is 2.20. The third kappa shape index (κ3) is 4.31. The summed E-state index contributed by atoms with van der Waals surface area (Å²) >= 11 is 0. The highest BCUT2D eigenvalue weighted by atomic mass is 16.5. The number of nitrogens with one attached hydrogen (secondary N) is 1. The Hall–Kier alpha value is -1.43. The van der Waals surface area contributed by atoms with Crippen molar-refractivity contribution >= 4 is 11.8 Å². The van der Waals surface area contributed by atoms with Crippen molar-refractivity contribution in [3.05, 3.63) is 6.20 Å². The molecule has 106 valence electrons. The molecule has 1 fully saturated rings. The molecular formula is C13H23N5O. The second-order valence-electron chi connectivity index (χ2n) is 5.08. The monoisotopic (exact) mass is 265 g/mol. The van der Waals surface area contributed by atoms with Gasteiger partial charge in [0.1, 0.15) is 0 Å². The zero-order valence-corrected chi connectivity index (χ0v) is 11.8. The minimum absolute atomic E-state index is 0.604. The Kier molecular flexibility index (Phi) is 5.32. The van der Waals surface area contributed by atoms with Crippen molar-refractivity contribution in [2.75, 3.05) is 43.6 Å². The summed E-state index contributed by atoms with van der Waals surface area (Å²) in [6, 6.07) is 0. The summed E-state index contributed by atoms with van der Waals surface area (Å²) in [5, 5.41) is 11.2. The standard InChI is InChI=1S/C13H23N5O/c1-11-4-7-18(8-5-11)12-10-15-17-13(16-12)14-6-3-9-19-2/h10-11H,3-9H2,1-2H3,(H,14,16,17). The SMILES string of the molecule is COCCCNc1nncc(N2CCC(C)CC2)n1. The lowest BCUT2D eigenvalue weighted by Gasteiger charge is -2.30. The molecule has 0 amide bonds. The number of rotatable bonds is 6. The third-order valence-electron chi connectivity index (χ3n) is 3.46. The molecule has 0 radical (unpaired) electrons. The number of methoxy groups -OCH3 is 1. The van der Waals surface area contributed by atoms with Crippen LogP contribution >= 0.6 is 0 Å². The zero-order valence-electron chi connectivity index (χ0n) is 11.8. The molecule has 0 atom stereocenters. The number of piperidine rings is 1. The number of hydrogen-bond acceptors (Lipinski definition) is 6. The van der Waals surface area contributed by atoms with E-state index in [1.54, 1.807) is 13.3 Å². The second kappa shape index (κ2) is 7.23. The van der Waals surface area contributed by atoms with E-state index in [-0.39, 0.29) is 0 Å². The van der Waals surface area contributed by atoms with E-state index in [1.807, 2.05) is 0 Å². The summed E-state index contributed by atoms with van der Waals surface area (Å²) in [5.41, 5.74) is 0. The van der Waals surface area contributed by atoms with Crippen molar-refractivity contribution in [2.24, 2.45) is 5.92 Å². The molecule has 0 unspecified atom stereocenters. The number of ether oxygens (including phenoxy) is 1. The maximum atomic E-state index is 5.00.